The van der Waals surface area contributed by atoms with Crippen molar-refractivity contribution in [2.75, 3.05) is 26.6 Å². The number of aryl methyl sites for hydroxylation is 2. The summed E-state index contributed by atoms with van der Waals surface area (Å²) in [7, 11) is 4.25. The number of ether oxygens (including phenoxy) is 5. The Balaban J connectivity index is 1.47. The van der Waals surface area contributed by atoms with E-state index in [4.69, 9.17) is 23.7 Å². The van der Waals surface area contributed by atoms with Gasteiger partial charge in [0.05, 0.1) is 32.5 Å². The van der Waals surface area contributed by atoms with Gasteiger partial charge in [-0.15, -0.1) is 0 Å². The largest absolute Gasteiger partial charge is 0.493 e. The maximum atomic E-state index is 13.3. The zero-order valence-corrected chi connectivity index (χ0v) is 28.7. The van der Waals surface area contributed by atoms with Crippen molar-refractivity contribution < 1.29 is 57.6 Å². The monoisotopic (exact) mass is 713 g/mol. The van der Waals surface area contributed by atoms with Crippen LogP contribution in [0.3, 0.4) is 0 Å². The summed E-state index contributed by atoms with van der Waals surface area (Å²) in [6, 6.07) is 20.4. The number of esters is 2. The van der Waals surface area contributed by atoms with E-state index in [1.165, 1.54) is 82.0 Å². The molecule has 0 radical (unpaired) electrons. The van der Waals surface area contributed by atoms with Gasteiger partial charge in [0.15, 0.2) is 11.5 Å². The lowest BCUT2D eigenvalue weighted by Gasteiger charge is -2.23. The highest BCUT2D eigenvalue weighted by molar-refractivity contribution is 6.05. The topological polar surface area (TPSA) is 205 Å². The molecule has 0 heterocycles. The molecule has 4 N–H and O–H groups in total. The number of amides is 3. The molecule has 2 atom stereocenters. The van der Waals surface area contributed by atoms with E-state index in [1.54, 1.807) is 38.1 Å². The summed E-state index contributed by atoms with van der Waals surface area (Å²) in [6.07, 6.45) is -4.55. The fourth-order valence-electron chi connectivity index (χ4n) is 4.62. The molecule has 0 aromatic heterocycles. The van der Waals surface area contributed by atoms with Gasteiger partial charge in [-0.3, -0.25) is 25.2 Å². The minimum atomic E-state index is -2.31. The molecule has 0 bridgehead atoms. The van der Waals surface area contributed by atoms with Crippen LogP contribution in [0.2, 0.25) is 0 Å². The summed E-state index contributed by atoms with van der Waals surface area (Å²) >= 11 is 0. The van der Waals surface area contributed by atoms with Crippen LogP contribution in [-0.4, -0.2) is 74.3 Å². The van der Waals surface area contributed by atoms with E-state index in [1.807, 2.05) is 5.43 Å². The number of benzene rings is 4. The molecule has 0 fully saturated rings. The number of carbonyl (C=O) groups is 6. The van der Waals surface area contributed by atoms with Gasteiger partial charge in [-0.1, -0.05) is 35.4 Å². The standard InChI is InChI=1S/C37H35N3O12/c1-20-6-10-23(11-7-20)36(46)51-30(31(35(44)45)52-37(47)24-12-8-21(2)9-13-24)34(43)40-39-33(42)22-14-16-26(17-15-22)38-32(41)25-18-27(48-3)29(50-5)28(19-25)49-4/h6-19,30-31H,1-5H3,(H,38,41)(H,39,42)(H,40,43)(H,44,45)/t30-,31-/m0/s1. The molecule has 0 saturated carbocycles. The Morgan fingerprint density at radius 3 is 1.46 bits per heavy atom. The lowest BCUT2D eigenvalue weighted by Crippen LogP contribution is -2.54. The molecular formula is C37H35N3O12. The first kappa shape index (κ1) is 37.9. The highest BCUT2D eigenvalue weighted by Crippen LogP contribution is 2.38. The molecule has 0 aliphatic rings. The molecule has 4 aromatic rings. The Hall–Kier alpha value is -6.90. The SMILES string of the molecule is COc1cc(C(=O)Nc2ccc(C(=O)NNC(=O)[C@@H](OC(=O)c3ccc(C)cc3)[C@H](OC(=O)c3ccc(C)cc3)C(=O)O)cc2)cc(OC)c1OC. The minimum absolute atomic E-state index is 0.0138. The highest BCUT2D eigenvalue weighted by Gasteiger charge is 2.41. The summed E-state index contributed by atoms with van der Waals surface area (Å²) < 4.78 is 26.3. The van der Waals surface area contributed by atoms with Crippen molar-refractivity contribution in [1.82, 2.24) is 10.9 Å². The molecule has 0 spiro atoms. The van der Waals surface area contributed by atoms with E-state index in [-0.39, 0.29) is 33.8 Å². The van der Waals surface area contributed by atoms with Gasteiger partial charge in [-0.25, -0.2) is 14.4 Å². The molecule has 52 heavy (non-hydrogen) atoms. The van der Waals surface area contributed by atoms with E-state index >= 15 is 0 Å². The smallest absolute Gasteiger partial charge is 0.349 e. The van der Waals surface area contributed by atoms with Gasteiger partial charge in [0, 0.05) is 16.8 Å². The zero-order chi connectivity index (χ0) is 37.9. The Bertz CT molecular complexity index is 1930. The Kier molecular flexibility index (Phi) is 12.5. The minimum Gasteiger partial charge on any atom is -0.493 e. The van der Waals surface area contributed by atoms with Crippen LogP contribution in [0.25, 0.3) is 0 Å². The van der Waals surface area contributed by atoms with E-state index < -0.39 is 47.8 Å². The number of hydrogen-bond acceptors (Lipinski definition) is 11. The van der Waals surface area contributed by atoms with Crippen LogP contribution in [0.4, 0.5) is 5.69 Å². The first-order chi connectivity index (χ1) is 24.8. The summed E-state index contributed by atoms with van der Waals surface area (Å²) in [5, 5.41) is 12.6. The van der Waals surface area contributed by atoms with Gasteiger partial charge in [-0.05, 0) is 74.5 Å². The Labute approximate surface area is 297 Å². The van der Waals surface area contributed by atoms with Crippen molar-refractivity contribution in [3.8, 4) is 17.2 Å². The molecule has 0 unspecified atom stereocenters. The molecule has 4 rings (SSSR count). The third kappa shape index (κ3) is 9.41. The molecule has 15 heteroatoms. The lowest BCUT2D eigenvalue weighted by atomic mass is 10.1. The summed E-state index contributed by atoms with van der Waals surface area (Å²) in [5.41, 5.74) is 6.27. The molecule has 0 aliphatic carbocycles. The van der Waals surface area contributed by atoms with E-state index in [0.717, 1.165) is 11.1 Å². The van der Waals surface area contributed by atoms with E-state index in [0.29, 0.717) is 11.4 Å². The fraction of sp³-hybridized carbons (Fsp3) is 0.189. The third-order valence-corrected chi connectivity index (χ3v) is 7.45. The van der Waals surface area contributed by atoms with E-state index in [9.17, 15) is 33.9 Å². The van der Waals surface area contributed by atoms with Crippen molar-refractivity contribution in [1.29, 1.82) is 0 Å². The second kappa shape index (κ2) is 17.2. The summed E-state index contributed by atoms with van der Waals surface area (Å²) in [4.78, 5) is 77.3. The number of carboxylic acids is 1. The predicted octanol–water partition coefficient (Wildman–Crippen LogP) is 3.88. The van der Waals surface area contributed by atoms with Gasteiger partial charge < -0.3 is 34.1 Å². The number of hydrogen-bond donors (Lipinski definition) is 4. The van der Waals surface area contributed by atoms with Crippen LogP contribution in [0.15, 0.2) is 84.9 Å². The van der Waals surface area contributed by atoms with Crippen LogP contribution >= 0.6 is 0 Å². The molecule has 0 saturated heterocycles. The molecule has 15 nitrogen and oxygen atoms in total. The molecule has 3 amide bonds. The second-order valence-corrected chi connectivity index (χ2v) is 11.1. The quantitative estimate of drug-likeness (QED) is 0.115. The molecular weight excluding hydrogens is 678 g/mol. The van der Waals surface area contributed by atoms with E-state index in [2.05, 4.69) is 10.7 Å². The lowest BCUT2D eigenvalue weighted by molar-refractivity contribution is -0.159. The maximum absolute atomic E-state index is 13.3. The van der Waals surface area contributed by atoms with Gasteiger partial charge in [0.2, 0.25) is 18.0 Å². The number of nitrogens with one attached hydrogen (secondary N) is 3. The van der Waals surface area contributed by atoms with Gasteiger partial charge in [-0.2, -0.15) is 0 Å². The summed E-state index contributed by atoms with van der Waals surface area (Å²) in [6.45, 7) is 3.56. The van der Waals surface area contributed by atoms with Crippen LogP contribution in [-0.2, 0) is 19.1 Å². The fourth-order valence-corrected chi connectivity index (χ4v) is 4.62. The predicted molar refractivity (Wildman–Crippen MR) is 185 cm³/mol. The van der Waals surface area contributed by atoms with Crippen LogP contribution in [0, 0.1) is 13.8 Å². The van der Waals surface area contributed by atoms with Gasteiger partial charge in [0.25, 0.3) is 17.7 Å². The van der Waals surface area contributed by atoms with Gasteiger partial charge in [0.1, 0.15) is 0 Å². The van der Waals surface area contributed by atoms with Crippen molar-refractivity contribution in [3.05, 3.63) is 118 Å². The van der Waals surface area contributed by atoms with Crippen molar-refractivity contribution >= 4 is 41.3 Å². The number of rotatable bonds is 13. The van der Waals surface area contributed by atoms with Gasteiger partial charge >= 0.3 is 17.9 Å². The normalized spacial score (nSPS) is 11.6. The molecule has 0 aliphatic heterocycles. The average molecular weight is 714 g/mol. The Morgan fingerprint density at radius 1 is 0.558 bits per heavy atom. The number of carbonyl (C=O) groups excluding carboxylic acids is 5. The first-order valence-electron chi connectivity index (χ1n) is 15.4. The zero-order valence-electron chi connectivity index (χ0n) is 28.7. The average Bonchev–Trinajstić information content (AvgIpc) is 3.14. The van der Waals surface area contributed by atoms with Crippen molar-refractivity contribution in [3.63, 3.8) is 0 Å². The molecule has 4 aromatic carbocycles. The molecule has 270 valence electrons. The number of aliphatic carboxylic acids is 1. The number of hydrazine groups is 1. The number of methoxy groups -OCH3 is 3. The van der Waals surface area contributed by atoms with Crippen LogP contribution in [0.5, 0.6) is 17.2 Å². The van der Waals surface area contributed by atoms with Crippen LogP contribution < -0.4 is 30.4 Å². The number of anilines is 1. The van der Waals surface area contributed by atoms with Crippen LogP contribution in [0.1, 0.15) is 52.6 Å². The second-order valence-electron chi connectivity index (χ2n) is 11.1. The Morgan fingerprint density at radius 2 is 1.02 bits per heavy atom. The maximum Gasteiger partial charge on any atom is 0.349 e. The van der Waals surface area contributed by atoms with Crippen molar-refractivity contribution in [2.45, 2.75) is 26.1 Å². The first-order valence-corrected chi connectivity index (χ1v) is 15.4. The summed E-state index contributed by atoms with van der Waals surface area (Å²) in [5.74, 6) is -5.83. The number of carboxylic acid groups (broad SMARTS) is 1. The third-order valence-electron chi connectivity index (χ3n) is 7.45. The van der Waals surface area contributed by atoms with Crippen molar-refractivity contribution in [2.24, 2.45) is 0 Å². The highest BCUT2D eigenvalue weighted by atomic mass is 16.6.